The van der Waals surface area contributed by atoms with Crippen molar-refractivity contribution in [2.24, 2.45) is 0 Å². The predicted molar refractivity (Wildman–Crippen MR) is 83.7 cm³/mol. The molecule has 0 bridgehead atoms. The van der Waals surface area contributed by atoms with Crippen LogP contribution in [0.1, 0.15) is 42.3 Å². The molecule has 0 aliphatic rings. The Hall–Kier alpha value is -2.17. The molecule has 0 amide bonds. The maximum Gasteiger partial charge on any atom is 0.135 e. The zero-order valence-electron chi connectivity index (χ0n) is 12.9. The van der Waals surface area contributed by atoms with Gasteiger partial charge >= 0.3 is 0 Å². The Morgan fingerprint density at radius 3 is 2.33 bits per heavy atom. The van der Waals surface area contributed by atoms with Crippen LogP contribution < -0.4 is 11.1 Å². The van der Waals surface area contributed by atoms with E-state index in [1.807, 2.05) is 26.0 Å². The third kappa shape index (κ3) is 3.68. The molecule has 0 radical (unpaired) electrons. The molecule has 0 saturated heterocycles. The van der Waals surface area contributed by atoms with E-state index in [4.69, 9.17) is 5.73 Å². The lowest BCUT2D eigenvalue weighted by molar-refractivity contribution is 0.608. The minimum Gasteiger partial charge on any atom is -0.384 e. The zero-order chi connectivity index (χ0) is 15.6. The molecular weight excluding hydrogens is 267 g/mol. The molecule has 5 heteroatoms. The van der Waals surface area contributed by atoms with E-state index in [0.717, 1.165) is 5.56 Å². The second-order valence-corrected chi connectivity index (χ2v) is 5.59. The number of nitrogens with two attached hydrogens (primary N) is 1. The molecule has 4 nitrogen and oxygen atoms in total. The molecule has 0 aliphatic heterocycles. The smallest absolute Gasteiger partial charge is 0.135 e. The van der Waals surface area contributed by atoms with Crippen LogP contribution in [0.5, 0.6) is 0 Å². The quantitative estimate of drug-likeness (QED) is 0.903. The number of aryl methyl sites for hydroxylation is 2. The van der Waals surface area contributed by atoms with Crippen molar-refractivity contribution in [3.8, 4) is 0 Å². The van der Waals surface area contributed by atoms with E-state index in [1.54, 1.807) is 19.9 Å². The predicted octanol–water partition coefficient (Wildman–Crippen LogP) is 3.55. The zero-order valence-corrected chi connectivity index (χ0v) is 12.9. The van der Waals surface area contributed by atoms with Crippen molar-refractivity contribution in [3.63, 3.8) is 0 Å². The molecule has 21 heavy (non-hydrogen) atoms. The Bertz CT molecular complexity index is 630. The standard InChI is InChI=1S/C16H21FN4/c1-9(2)16-20-13(18)7-14(21-16)19-8-12-5-10(3)15(17)11(4)6-12/h5-7,9H,8H2,1-4H3,(H3,18,19,20,21). The number of halogens is 1. The summed E-state index contributed by atoms with van der Waals surface area (Å²) in [7, 11) is 0. The first-order valence-electron chi connectivity index (χ1n) is 7.00. The van der Waals surface area contributed by atoms with Crippen LogP contribution in [0.2, 0.25) is 0 Å². The summed E-state index contributed by atoms with van der Waals surface area (Å²) < 4.78 is 13.6. The average molecular weight is 288 g/mol. The van der Waals surface area contributed by atoms with Crippen LogP contribution in [0, 0.1) is 19.7 Å². The summed E-state index contributed by atoms with van der Waals surface area (Å²) in [5.41, 5.74) is 8.10. The molecule has 2 rings (SSSR count). The Kier molecular flexibility index (Phi) is 4.40. The number of nitrogens with zero attached hydrogens (tertiary/aromatic N) is 2. The van der Waals surface area contributed by atoms with Gasteiger partial charge in [0.05, 0.1) is 0 Å². The van der Waals surface area contributed by atoms with Crippen LogP contribution in [-0.4, -0.2) is 9.97 Å². The number of hydrogen-bond donors (Lipinski definition) is 2. The fourth-order valence-corrected chi connectivity index (χ4v) is 2.16. The summed E-state index contributed by atoms with van der Waals surface area (Å²) in [6, 6.07) is 5.38. The van der Waals surface area contributed by atoms with Crippen molar-refractivity contribution in [3.05, 3.63) is 46.5 Å². The molecule has 1 aromatic carbocycles. The third-order valence-electron chi connectivity index (χ3n) is 3.25. The van der Waals surface area contributed by atoms with Gasteiger partial charge in [0, 0.05) is 18.5 Å². The SMILES string of the molecule is Cc1cc(CNc2cc(N)nc(C(C)C)n2)cc(C)c1F. The van der Waals surface area contributed by atoms with Crippen molar-refractivity contribution in [1.82, 2.24) is 9.97 Å². The summed E-state index contributed by atoms with van der Waals surface area (Å²) in [6.07, 6.45) is 0. The number of aromatic nitrogens is 2. The lowest BCUT2D eigenvalue weighted by Gasteiger charge is -2.11. The van der Waals surface area contributed by atoms with Crippen molar-refractivity contribution < 1.29 is 4.39 Å². The molecular formula is C16H21FN4. The maximum atomic E-state index is 13.6. The molecule has 0 atom stereocenters. The molecule has 0 aliphatic carbocycles. The number of rotatable bonds is 4. The summed E-state index contributed by atoms with van der Waals surface area (Å²) in [5.74, 6) is 1.91. The number of benzene rings is 1. The minimum absolute atomic E-state index is 0.146. The summed E-state index contributed by atoms with van der Waals surface area (Å²) in [6.45, 7) is 8.14. The highest BCUT2D eigenvalue weighted by Crippen LogP contribution is 2.18. The van der Waals surface area contributed by atoms with Gasteiger partial charge in [-0.15, -0.1) is 0 Å². The van der Waals surface area contributed by atoms with Gasteiger partial charge in [0.2, 0.25) is 0 Å². The summed E-state index contributed by atoms with van der Waals surface area (Å²) in [5, 5.41) is 3.22. The highest BCUT2D eigenvalue weighted by atomic mass is 19.1. The Balaban J connectivity index is 2.16. The van der Waals surface area contributed by atoms with Gasteiger partial charge in [0.15, 0.2) is 0 Å². The van der Waals surface area contributed by atoms with Crippen LogP contribution in [-0.2, 0) is 6.54 Å². The first-order chi connectivity index (χ1) is 9.86. The topological polar surface area (TPSA) is 63.8 Å². The lowest BCUT2D eigenvalue weighted by Crippen LogP contribution is -2.08. The Labute approximate surface area is 124 Å². The molecule has 0 saturated carbocycles. The molecule has 112 valence electrons. The van der Waals surface area contributed by atoms with Crippen LogP contribution in [0.15, 0.2) is 18.2 Å². The van der Waals surface area contributed by atoms with Gasteiger partial charge in [-0.05, 0) is 30.5 Å². The van der Waals surface area contributed by atoms with E-state index in [1.165, 1.54) is 0 Å². The maximum absolute atomic E-state index is 13.6. The molecule has 2 aromatic rings. The van der Waals surface area contributed by atoms with Crippen LogP contribution >= 0.6 is 0 Å². The van der Waals surface area contributed by atoms with Crippen LogP contribution in [0.3, 0.4) is 0 Å². The van der Waals surface area contributed by atoms with E-state index in [-0.39, 0.29) is 11.7 Å². The fraction of sp³-hybridized carbons (Fsp3) is 0.375. The largest absolute Gasteiger partial charge is 0.384 e. The molecule has 0 fully saturated rings. The van der Waals surface area contributed by atoms with Crippen molar-refractivity contribution in [2.45, 2.75) is 40.2 Å². The number of hydrogen-bond acceptors (Lipinski definition) is 4. The van der Waals surface area contributed by atoms with Gasteiger partial charge in [0.1, 0.15) is 23.3 Å². The van der Waals surface area contributed by atoms with Gasteiger partial charge in [-0.1, -0.05) is 26.0 Å². The van der Waals surface area contributed by atoms with E-state index in [2.05, 4.69) is 15.3 Å². The monoisotopic (exact) mass is 288 g/mol. The average Bonchev–Trinajstić information content (AvgIpc) is 2.41. The number of nitrogens with one attached hydrogen (secondary N) is 1. The molecule has 1 aromatic heterocycles. The molecule has 0 unspecified atom stereocenters. The van der Waals surface area contributed by atoms with Gasteiger partial charge < -0.3 is 11.1 Å². The second kappa shape index (κ2) is 6.08. The Morgan fingerprint density at radius 1 is 1.14 bits per heavy atom. The van der Waals surface area contributed by atoms with Gasteiger partial charge in [-0.2, -0.15) is 0 Å². The van der Waals surface area contributed by atoms with Crippen molar-refractivity contribution in [1.29, 1.82) is 0 Å². The third-order valence-corrected chi connectivity index (χ3v) is 3.25. The number of nitrogen functional groups attached to an aromatic ring is 1. The molecule has 0 spiro atoms. The highest BCUT2D eigenvalue weighted by molar-refractivity contribution is 5.45. The van der Waals surface area contributed by atoms with Crippen LogP contribution in [0.25, 0.3) is 0 Å². The first-order valence-corrected chi connectivity index (χ1v) is 7.00. The summed E-state index contributed by atoms with van der Waals surface area (Å²) in [4.78, 5) is 8.64. The minimum atomic E-state index is -0.146. The first kappa shape index (κ1) is 15.2. The van der Waals surface area contributed by atoms with E-state index < -0.39 is 0 Å². The van der Waals surface area contributed by atoms with Gasteiger partial charge in [-0.25, -0.2) is 14.4 Å². The van der Waals surface area contributed by atoms with E-state index in [9.17, 15) is 4.39 Å². The number of anilines is 2. The van der Waals surface area contributed by atoms with Crippen molar-refractivity contribution in [2.75, 3.05) is 11.1 Å². The molecule has 3 N–H and O–H groups in total. The van der Waals surface area contributed by atoms with Gasteiger partial charge in [0.25, 0.3) is 0 Å². The molecule has 1 heterocycles. The fourth-order valence-electron chi connectivity index (χ4n) is 2.16. The lowest BCUT2D eigenvalue weighted by atomic mass is 10.1. The summed E-state index contributed by atoms with van der Waals surface area (Å²) >= 11 is 0. The Morgan fingerprint density at radius 2 is 1.76 bits per heavy atom. The van der Waals surface area contributed by atoms with E-state index in [0.29, 0.717) is 35.1 Å². The van der Waals surface area contributed by atoms with Gasteiger partial charge in [-0.3, -0.25) is 0 Å². The van der Waals surface area contributed by atoms with Crippen LogP contribution in [0.4, 0.5) is 16.0 Å². The normalized spacial score (nSPS) is 11.0. The van der Waals surface area contributed by atoms with Crippen molar-refractivity contribution >= 4 is 11.6 Å². The van der Waals surface area contributed by atoms with E-state index >= 15 is 0 Å². The second-order valence-electron chi connectivity index (χ2n) is 5.59. The highest BCUT2D eigenvalue weighted by Gasteiger charge is 2.08.